The number of hydrogen-bond acceptors (Lipinski definition) is 3. The van der Waals surface area contributed by atoms with Gasteiger partial charge in [0, 0.05) is 6.54 Å². The highest BCUT2D eigenvalue weighted by atomic mass is 19.1. The van der Waals surface area contributed by atoms with Crippen LogP contribution in [-0.2, 0) is 11.3 Å². The number of benzene rings is 1. The van der Waals surface area contributed by atoms with Gasteiger partial charge < -0.3 is 15.1 Å². The average Bonchev–Trinajstić information content (AvgIpc) is 3.07. The first kappa shape index (κ1) is 17.7. The lowest BCUT2D eigenvalue weighted by Gasteiger charge is -2.21. The number of rotatable bonds is 6. The number of carbonyl (C=O) groups is 2. The zero-order chi connectivity index (χ0) is 17.7. The Labute approximate surface area is 140 Å². The maximum atomic E-state index is 13.3. The van der Waals surface area contributed by atoms with E-state index < -0.39 is 11.9 Å². The number of furan rings is 1. The van der Waals surface area contributed by atoms with Crippen LogP contribution in [0.2, 0.25) is 0 Å². The van der Waals surface area contributed by atoms with Crippen LogP contribution in [0.15, 0.2) is 41.0 Å². The van der Waals surface area contributed by atoms with E-state index >= 15 is 0 Å². The SMILES string of the molecule is Cc1cc(CNC(=O)C(NC(=O)c2ccco2)C(C)C)ccc1F. The topological polar surface area (TPSA) is 71.3 Å². The molecular formula is C18H21FN2O3. The summed E-state index contributed by atoms with van der Waals surface area (Å²) in [4.78, 5) is 24.4. The third-order valence-corrected chi connectivity index (χ3v) is 3.67. The predicted molar refractivity (Wildman–Crippen MR) is 87.8 cm³/mol. The largest absolute Gasteiger partial charge is 0.459 e. The summed E-state index contributed by atoms with van der Waals surface area (Å²) in [5.74, 6) is -0.962. The molecule has 0 aliphatic heterocycles. The Hall–Kier alpha value is -2.63. The van der Waals surface area contributed by atoms with E-state index in [1.54, 1.807) is 25.1 Å². The fraction of sp³-hybridized carbons (Fsp3) is 0.333. The highest BCUT2D eigenvalue weighted by molar-refractivity contribution is 5.95. The molecule has 6 heteroatoms. The summed E-state index contributed by atoms with van der Waals surface area (Å²) < 4.78 is 18.3. The molecular weight excluding hydrogens is 311 g/mol. The molecule has 0 aliphatic rings. The molecule has 1 unspecified atom stereocenters. The van der Waals surface area contributed by atoms with E-state index in [9.17, 15) is 14.0 Å². The summed E-state index contributed by atoms with van der Waals surface area (Å²) >= 11 is 0. The number of amides is 2. The Morgan fingerprint density at radius 3 is 2.58 bits per heavy atom. The normalized spacial score (nSPS) is 12.0. The molecule has 0 spiro atoms. The van der Waals surface area contributed by atoms with Gasteiger partial charge >= 0.3 is 0 Å². The number of carbonyl (C=O) groups excluding carboxylic acids is 2. The minimum atomic E-state index is -0.691. The van der Waals surface area contributed by atoms with Crippen molar-refractivity contribution in [1.29, 1.82) is 0 Å². The molecule has 0 saturated carbocycles. The fourth-order valence-electron chi connectivity index (χ4n) is 2.27. The van der Waals surface area contributed by atoms with E-state index in [2.05, 4.69) is 10.6 Å². The Bertz CT molecular complexity index is 711. The Kier molecular flexibility index (Phi) is 5.73. The van der Waals surface area contributed by atoms with Crippen LogP contribution < -0.4 is 10.6 Å². The number of aryl methyl sites for hydroxylation is 1. The van der Waals surface area contributed by atoms with Crippen LogP contribution in [0.3, 0.4) is 0 Å². The van der Waals surface area contributed by atoms with E-state index in [0.29, 0.717) is 5.56 Å². The first-order valence-corrected chi connectivity index (χ1v) is 7.75. The van der Waals surface area contributed by atoms with Crippen LogP contribution >= 0.6 is 0 Å². The summed E-state index contributed by atoms with van der Waals surface area (Å²) in [6.45, 7) is 5.62. The zero-order valence-electron chi connectivity index (χ0n) is 13.9. The van der Waals surface area contributed by atoms with Crippen molar-refractivity contribution in [2.45, 2.75) is 33.4 Å². The lowest BCUT2D eigenvalue weighted by molar-refractivity contribution is -0.124. The molecule has 0 bridgehead atoms. The predicted octanol–water partition coefficient (Wildman–Crippen LogP) is 2.80. The zero-order valence-corrected chi connectivity index (χ0v) is 13.9. The van der Waals surface area contributed by atoms with Crippen LogP contribution in [0.4, 0.5) is 4.39 Å². The van der Waals surface area contributed by atoms with Crippen molar-refractivity contribution in [3.05, 3.63) is 59.3 Å². The van der Waals surface area contributed by atoms with Gasteiger partial charge in [0.2, 0.25) is 5.91 Å². The molecule has 0 radical (unpaired) electrons. The molecule has 128 valence electrons. The number of nitrogens with one attached hydrogen (secondary N) is 2. The molecule has 24 heavy (non-hydrogen) atoms. The van der Waals surface area contributed by atoms with Crippen LogP contribution in [-0.4, -0.2) is 17.9 Å². The van der Waals surface area contributed by atoms with Gasteiger partial charge in [-0.05, 0) is 42.2 Å². The van der Waals surface area contributed by atoms with Gasteiger partial charge in [-0.1, -0.05) is 26.0 Å². The van der Waals surface area contributed by atoms with E-state index in [4.69, 9.17) is 4.42 Å². The van der Waals surface area contributed by atoms with Crippen molar-refractivity contribution in [1.82, 2.24) is 10.6 Å². The maximum absolute atomic E-state index is 13.3. The molecule has 2 N–H and O–H groups in total. The third kappa shape index (κ3) is 4.44. The van der Waals surface area contributed by atoms with Crippen LogP contribution in [0.5, 0.6) is 0 Å². The average molecular weight is 332 g/mol. The molecule has 0 fully saturated rings. The summed E-state index contributed by atoms with van der Waals surface area (Å²) in [5, 5.41) is 5.44. The molecule has 2 rings (SSSR count). The summed E-state index contributed by atoms with van der Waals surface area (Å²) in [6.07, 6.45) is 1.40. The Morgan fingerprint density at radius 1 is 1.25 bits per heavy atom. The molecule has 0 aliphatic carbocycles. The summed E-state index contributed by atoms with van der Waals surface area (Å²) in [7, 11) is 0. The van der Waals surface area contributed by atoms with Gasteiger partial charge in [0.15, 0.2) is 5.76 Å². The van der Waals surface area contributed by atoms with Crippen molar-refractivity contribution < 1.29 is 18.4 Å². The van der Waals surface area contributed by atoms with Gasteiger partial charge in [-0.2, -0.15) is 0 Å². The second kappa shape index (κ2) is 7.77. The van der Waals surface area contributed by atoms with Crippen molar-refractivity contribution in [2.75, 3.05) is 0 Å². The minimum Gasteiger partial charge on any atom is -0.459 e. The quantitative estimate of drug-likeness (QED) is 0.854. The second-order valence-electron chi connectivity index (χ2n) is 5.97. The first-order valence-electron chi connectivity index (χ1n) is 7.75. The van der Waals surface area contributed by atoms with E-state index in [1.165, 1.54) is 18.4 Å². The van der Waals surface area contributed by atoms with Gasteiger partial charge in [0.25, 0.3) is 5.91 Å². The van der Waals surface area contributed by atoms with Crippen LogP contribution in [0.25, 0.3) is 0 Å². The van der Waals surface area contributed by atoms with Gasteiger partial charge in [0.1, 0.15) is 11.9 Å². The smallest absolute Gasteiger partial charge is 0.287 e. The Morgan fingerprint density at radius 2 is 2.00 bits per heavy atom. The number of hydrogen-bond donors (Lipinski definition) is 2. The van der Waals surface area contributed by atoms with Crippen molar-refractivity contribution in [2.24, 2.45) is 5.92 Å². The third-order valence-electron chi connectivity index (χ3n) is 3.67. The molecule has 2 aromatic rings. The van der Waals surface area contributed by atoms with Crippen LogP contribution in [0, 0.1) is 18.7 Å². The minimum absolute atomic E-state index is 0.0983. The fourth-order valence-corrected chi connectivity index (χ4v) is 2.27. The standard InChI is InChI=1S/C18H21FN2O3/c1-11(2)16(21-17(22)15-5-4-8-24-15)18(23)20-10-13-6-7-14(19)12(3)9-13/h4-9,11,16H,10H2,1-3H3,(H,20,23)(H,21,22). The molecule has 1 aromatic heterocycles. The molecule has 1 atom stereocenters. The summed E-state index contributed by atoms with van der Waals surface area (Å²) in [6, 6.07) is 7.12. The molecule has 0 saturated heterocycles. The molecule has 1 aromatic carbocycles. The molecule has 1 heterocycles. The van der Waals surface area contributed by atoms with E-state index in [-0.39, 0.29) is 29.9 Å². The van der Waals surface area contributed by atoms with Crippen molar-refractivity contribution in [3.8, 4) is 0 Å². The number of halogens is 1. The second-order valence-corrected chi connectivity index (χ2v) is 5.97. The highest BCUT2D eigenvalue weighted by Gasteiger charge is 2.25. The van der Waals surface area contributed by atoms with Crippen molar-refractivity contribution >= 4 is 11.8 Å². The first-order chi connectivity index (χ1) is 11.4. The van der Waals surface area contributed by atoms with Gasteiger partial charge in [-0.25, -0.2) is 4.39 Å². The van der Waals surface area contributed by atoms with Gasteiger partial charge in [0.05, 0.1) is 6.26 Å². The van der Waals surface area contributed by atoms with E-state index in [1.807, 2.05) is 13.8 Å². The maximum Gasteiger partial charge on any atom is 0.287 e. The van der Waals surface area contributed by atoms with Gasteiger partial charge in [-0.3, -0.25) is 9.59 Å². The lowest BCUT2D eigenvalue weighted by Crippen LogP contribution is -2.49. The summed E-state index contributed by atoms with van der Waals surface area (Å²) in [5.41, 5.74) is 1.32. The highest BCUT2D eigenvalue weighted by Crippen LogP contribution is 2.10. The van der Waals surface area contributed by atoms with E-state index in [0.717, 1.165) is 5.56 Å². The molecule has 5 nitrogen and oxygen atoms in total. The van der Waals surface area contributed by atoms with Crippen LogP contribution in [0.1, 0.15) is 35.5 Å². The van der Waals surface area contributed by atoms with Crippen molar-refractivity contribution in [3.63, 3.8) is 0 Å². The monoisotopic (exact) mass is 332 g/mol. The molecule has 2 amide bonds. The Balaban J connectivity index is 1.98. The van der Waals surface area contributed by atoms with Gasteiger partial charge in [-0.15, -0.1) is 0 Å². The lowest BCUT2D eigenvalue weighted by atomic mass is 10.0.